The second-order valence-electron chi connectivity index (χ2n) is 5.98. The average Bonchev–Trinajstić information content (AvgIpc) is 2.99. The summed E-state index contributed by atoms with van der Waals surface area (Å²) in [5, 5.41) is 18.8. The van der Waals surface area contributed by atoms with Gasteiger partial charge in [0.2, 0.25) is 0 Å². The molecule has 1 saturated heterocycles. The third-order valence-corrected chi connectivity index (χ3v) is 4.51. The number of H-pyrrole nitrogens is 1. The summed E-state index contributed by atoms with van der Waals surface area (Å²) in [6.07, 6.45) is 3.78. The zero-order chi connectivity index (χ0) is 17.8. The Morgan fingerprint density at radius 3 is 2.56 bits per heavy atom. The molecule has 0 aliphatic carbocycles. The zero-order valence-electron chi connectivity index (χ0n) is 13.5. The minimum atomic E-state index is -0.721. The van der Waals surface area contributed by atoms with Crippen molar-refractivity contribution in [3.63, 3.8) is 0 Å². The first-order chi connectivity index (χ1) is 12.0. The number of hydrogen-bond acceptors (Lipinski definition) is 5. The summed E-state index contributed by atoms with van der Waals surface area (Å²) in [5.74, 6) is -1.10. The molecule has 3 rings (SSSR count). The van der Waals surface area contributed by atoms with E-state index in [0.29, 0.717) is 5.69 Å². The van der Waals surface area contributed by atoms with Crippen molar-refractivity contribution in [2.75, 3.05) is 18.4 Å². The predicted molar refractivity (Wildman–Crippen MR) is 93.8 cm³/mol. The number of benzene rings is 1. The van der Waals surface area contributed by atoms with Crippen LogP contribution >= 0.6 is 11.6 Å². The van der Waals surface area contributed by atoms with E-state index in [4.69, 9.17) is 11.6 Å². The first-order valence-corrected chi connectivity index (χ1v) is 8.43. The van der Waals surface area contributed by atoms with E-state index < -0.39 is 16.6 Å². The van der Waals surface area contributed by atoms with Crippen LogP contribution in [-0.4, -0.2) is 39.0 Å². The molecular formula is C16H18ClN5O3. The van der Waals surface area contributed by atoms with Crippen molar-refractivity contribution in [1.82, 2.24) is 15.1 Å². The Hall–Kier alpha value is -2.45. The van der Waals surface area contributed by atoms with Crippen LogP contribution in [0.5, 0.6) is 0 Å². The Morgan fingerprint density at radius 1 is 1.28 bits per heavy atom. The van der Waals surface area contributed by atoms with Gasteiger partial charge in [-0.05, 0) is 48.6 Å². The first-order valence-electron chi connectivity index (χ1n) is 8.05. The lowest BCUT2D eigenvalue weighted by Gasteiger charge is -2.26. The quantitative estimate of drug-likeness (QED) is 0.627. The fraction of sp³-hybridized carbons (Fsp3) is 0.375. The molecule has 1 aliphatic heterocycles. The Morgan fingerprint density at radius 2 is 1.96 bits per heavy atom. The molecule has 1 aliphatic rings. The largest absolute Gasteiger partial charge is 0.362 e. The number of hydrogen-bond donors (Lipinski definition) is 2. The predicted octanol–water partition coefficient (Wildman–Crippen LogP) is 3.21. The fourth-order valence-corrected chi connectivity index (χ4v) is 3.09. The second kappa shape index (κ2) is 7.62. The standard InChI is InChI=1S/C16H18ClN5O3/c17-13-14(19-20-15(13)22(24)25)16(23)18-12-6-4-11(5-7-12)10-21-8-2-1-3-9-21/h4-7H,1-3,8-10H2,(H,18,23)(H,19,20). The number of likely N-dealkylation sites (tertiary alicyclic amines) is 1. The highest BCUT2D eigenvalue weighted by atomic mass is 35.5. The minimum absolute atomic E-state index is 0.203. The Kier molecular flexibility index (Phi) is 5.30. The lowest BCUT2D eigenvalue weighted by Crippen LogP contribution is -2.29. The number of nitro groups is 1. The summed E-state index contributed by atoms with van der Waals surface area (Å²) >= 11 is 5.81. The van der Waals surface area contributed by atoms with Gasteiger partial charge in [-0.15, -0.1) is 5.10 Å². The number of rotatable bonds is 5. The number of carbonyl (C=O) groups is 1. The van der Waals surface area contributed by atoms with Crippen LogP contribution in [0.15, 0.2) is 24.3 Å². The second-order valence-corrected chi connectivity index (χ2v) is 6.36. The number of piperidine rings is 1. The molecule has 1 aromatic carbocycles. The van der Waals surface area contributed by atoms with Crippen LogP contribution in [0.2, 0.25) is 5.02 Å². The number of amides is 1. The highest BCUT2D eigenvalue weighted by Gasteiger charge is 2.25. The highest BCUT2D eigenvalue weighted by molar-refractivity contribution is 6.35. The molecule has 1 aromatic heterocycles. The summed E-state index contributed by atoms with van der Waals surface area (Å²) in [6.45, 7) is 3.13. The minimum Gasteiger partial charge on any atom is -0.358 e. The van der Waals surface area contributed by atoms with Gasteiger partial charge in [0.1, 0.15) is 0 Å². The smallest absolute Gasteiger partial charge is 0.358 e. The maximum absolute atomic E-state index is 12.2. The van der Waals surface area contributed by atoms with Crippen LogP contribution in [0.25, 0.3) is 0 Å². The molecule has 8 nitrogen and oxygen atoms in total. The number of nitrogens with zero attached hydrogens (tertiary/aromatic N) is 3. The summed E-state index contributed by atoms with van der Waals surface area (Å²) in [4.78, 5) is 24.6. The molecule has 25 heavy (non-hydrogen) atoms. The molecule has 0 unspecified atom stereocenters. The van der Waals surface area contributed by atoms with E-state index in [1.54, 1.807) is 12.1 Å². The monoisotopic (exact) mass is 363 g/mol. The van der Waals surface area contributed by atoms with Crippen molar-refractivity contribution in [3.05, 3.63) is 50.7 Å². The highest BCUT2D eigenvalue weighted by Crippen LogP contribution is 2.25. The molecule has 1 fully saturated rings. The van der Waals surface area contributed by atoms with Crippen LogP contribution in [0.3, 0.4) is 0 Å². The van der Waals surface area contributed by atoms with E-state index in [2.05, 4.69) is 20.4 Å². The maximum atomic E-state index is 12.2. The van der Waals surface area contributed by atoms with Crippen molar-refractivity contribution in [3.8, 4) is 0 Å². The van der Waals surface area contributed by atoms with Gasteiger partial charge < -0.3 is 15.4 Å². The molecule has 2 N–H and O–H groups in total. The van der Waals surface area contributed by atoms with Gasteiger partial charge in [0.25, 0.3) is 5.91 Å². The lowest BCUT2D eigenvalue weighted by atomic mass is 10.1. The van der Waals surface area contributed by atoms with Gasteiger partial charge in [-0.3, -0.25) is 9.69 Å². The van der Waals surface area contributed by atoms with Crippen LogP contribution < -0.4 is 5.32 Å². The summed E-state index contributed by atoms with van der Waals surface area (Å²) in [5.41, 5.74) is 1.55. The van der Waals surface area contributed by atoms with Crippen molar-refractivity contribution in [1.29, 1.82) is 0 Å². The van der Waals surface area contributed by atoms with Crippen molar-refractivity contribution in [2.45, 2.75) is 25.8 Å². The zero-order valence-corrected chi connectivity index (χ0v) is 14.3. The number of aromatic amines is 1. The molecule has 0 saturated carbocycles. The van der Waals surface area contributed by atoms with Crippen LogP contribution in [-0.2, 0) is 6.54 Å². The molecule has 1 amide bonds. The SMILES string of the molecule is O=C(Nc1ccc(CN2CCCCC2)cc1)c1n[nH]c([N+](=O)[O-])c1Cl. The summed E-state index contributed by atoms with van der Waals surface area (Å²) in [6, 6.07) is 7.51. The topological polar surface area (TPSA) is 104 Å². The molecule has 9 heteroatoms. The number of nitrogens with one attached hydrogen (secondary N) is 2. The van der Waals surface area contributed by atoms with Gasteiger partial charge in [-0.25, -0.2) is 0 Å². The molecule has 0 spiro atoms. The van der Waals surface area contributed by atoms with Crippen LogP contribution in [0, 0.1) is 10.1 Å². The van der Waals surface area contributed by atoms with E-state index in [1.165, 1.54) is 24.8 Å². The Balaban J connectivity index is 1.63. The number of carbonyl (C=O) groups excluding carboxylic acids is 1. The maximum Gasteiger partial charge on any atom is 0.362 e. The first kappa shape index (κ1) is 17.4. The van der Waals surface area contributed by atoms with E-state index in [9.17, 15) is 14.9 Å². The Labute approximate surface area is 149 Å². The number of halogens is 1. The Bertz CT molecular complexity index is 769. The van der Waals surface area contributed by atoms with Gasteiger partial charge in [0.15, 0.2) is 10.7 Å². The van der Waals surface area contributed by atoms with Gasteiger partial charge in [0.05, 0.1) is 0 Å². The van der Waals surface area contributed by atoms with Crippen molar-refractivity contribution in [2.24, 2.45) is 0 Å². The van der Waals surface area contributed by atoms with Gasteiger partial charge in [-0.2, -0.15) is 0 Å². The third-order valence-electron chi connectivity index (χ3n) is 4.15. The van der Waals surface area contributed by atoms with Gasteiger partial charge in [0, 0.05) is 12.2 Å². The van der Waals surface area contributed by atoms with Crippen molar-refractivity contribution < 1.29 is 9.72 Å². The normalized spacial score (nSPS) is 15.1. The lowest BCUT2D eigenvalue weighted by molar-refractivity contribution is -0.389. The fourth-order valence-electron chi connectivity index (χ4n) is 2.85. The molecule has 0 bridgehead atoms. The van der Waals surface area contributed by atoms with Gasteiger partial charge in [-0.1, -0.05) is 35.3 Å². The van der Waals surface area contributed by atoms with Crippen LogP contribution in [0.1, 0.15) is 35.3 Å². The van der Waals surface area contributed by atoms with E-state index in [-0.39, 0.29) is 10.7 Å². The average molecular weight is 364 g/mol. The third kappa shape index (κ3) is 4.15. The van der Waals surface area contributed by atoms with E-state index in [1.807, 2.05) is 12.1 Å². The van der Waals surface area contributed by atoms with E-state index in [0.717, 1.165) is 19.6 Å². The molecule has 0 atom stereocenters. The number of aromatic nitrogens is 2. The molecule has 0 radical (unpaired) electrons. The summed E-state index contributed by atoms with van der Waals surface area (Å²) in [7, 11) is 0. The van der Waals surface area contributed by atoms with Crippen LogP contribution in [0.4, 0.5) is 11.5 Å². The number of anilines is 1. The summed E-state index contributed by atoms with van der Waals surface area (Å²) < 4.78 is 0. The van der Waals surface area contributed by atoms with Crippen molar-refractivity contribution >= 4 is 29.0 Å². The molecular weight excluding hydrogens is 346 g/mol. The molecule has 2 heterocycles. The van der Waals surface area contributed by atoms with E-state index >= 15 is 0 Å². The van der Waals surface area contributed by atoms with Gasteiger partial charge >= 0.3 is 5.82 Å². The molecule has 2 aromatic rings. The molecule has 132 valence electrons.